The van der Waals surface area contributed by atoms with Crippen molar-refractivity contribution in [3.05, 3.63) is 63.3 Å². The van der Waals surface area contributed by atoms with Crippen molar-refractivity contribution in [2.45, 2.75) is 6.92 Å². The molecule has 0 aliphatic carbocycles. The largest absolute Gasteiger partial charge is 0.317 e. The normalized spacial score (nSPS) is 16.2. The lowest BCUT2D eigenvalue weighted by molar-refractivity contribution is -0.384. The van der Waals surface area contributed by atoms with Crippen molar-refractivity contribution >= 4 is 34.7 Å². The van der Waals surface area contributed by atoms with Gasteiger partial charge in [0.25, 0.3) is 16.8 Å². The molecule has 8 heteroatoms. The third-order valence-corrected chi connectivity index (χ3v) is 4.50. The van der Waals surface area contributed by atoms with Crippen molar-refractivity contribution < 1.29 is 14.5 Å². The van der Waals surface area contributed by atoms with Crippen molar-refractivity contribution in [3.8, 4) is 5.69 Å². The Balaban J connectivity index is 1.94. The molecule has 0 spiro atoms. The highest BCUT2D eigenvalue weighted by Crippen LogP contribution is 2.32. The summed E-state index contributed by atoms with van der Waals surface area (Å²) < 4.78 is 1.80. The van der Waals surface area contributed by atoms with Crippen molar-refractivity contribution in [1.82, 2.24) is 9.47 Å². The number of nitro groups is 1. The Hall–Kier alpha value is -2.87. The predicted molar refractivity (Wildman–Crippen MR) is 90.8 cm³/mol. The molecule has 24 heavy (non-hydrogen) atoms. The monoisotopic (exact) mass is 343 g/mol. The third-order valence-electron chi connectivity index (χ3n) is 3.59. The van der Waals surface area contributed by atoms with Crippen LogP contribution in [0.2, 0.25) is 0 Å². The minimum atomic E-state index is -0.457. The number of carbonyl (C=O) groups is 2. The van der Waals surface area contributed by atoms with Crippen molar-refractivity contribution in [2.24, 2.45) is 0 Å². The quantitative estimate of drug-likeness (QED) is 0.482. The molecule has 122 valence electrons. The molecule has 1 aliphatic heterocycles. The van der Waals surface area contributed by atoms with Gasteiger partial charge in [0, 0.05) is 36.3 Å². The molecule has 7 nitrogen and oxygen atoms in total. The Morgan fingerprint density at radius 1 is 1.21 bits per heavy atom. The van der Waals surface area contributed by atoms with Crippen LogP contribution in [0.1, 0.15) is 12.6 Å². The first-order valence-corrected chi connectivity index (χ1v) is 8.00. The van der Waals surface area contributed by atoms with Crippen LogP contribution in [0.4, 0.5) is 10.5 Å². The molecule has 0 N–H and O–H groups in total. The van der Waals surface area contributed by atoms with E-state index in [1.807, 2.05) is 0 Å². The molecule has 2 heterocycles. The number of imide groups is 1. The maximum Gasteiger partial charge on any atom is 0.293 e. The standard InChI is InChI=1S/C16H13N3O4S/c1-2-17-15(20)14(24-16(17)21)10-13-4-3-9-18(13)11-5-7-12(8-6-11)19(22)23/h3-10H,2H2,1H3. The van der Waals surface area contributed by atoms with E-state index in [1.54, 1.807) is 48.0 Å². The van der Waals surface area contributed by atoms with Crippen LogP contribution in [0.3, 0.4) is 0 Å². The summed E-state index contributed by atoms with van der Waals surface area (Å²) in [6, 6.07) is 9.72. The van der Waals surface area contributed by atoms with Gasteiger partial charge in [-0.3, -0.25) is 24.6 Å². The number of non-ortho nitro benzene ring substituents is 1. The number of hydrogen-bond donors (Lipinski definition) is 0. The van der Waals surface area contributed by atoms with Gasteiger partial charge >= 0.3 is 0 Å². The van der Waals surface area contributed by atoms with E-state index in [1.165, 1.54) is 17.0 Å². The second kappa shape index (κ2) is 6.32. The van der Waals surface area contributed by atoms with E-state index in [9.17, 15) is 19.7 Å². The van der Waals surface area contributed by atoms with E-state index in [4.69, 9.17) is 0 Å². The Morgan fingerprint density at radius 3 is 2.50 bits per heavy atom. The third kappa shape index (κ3) is 2.83. The van der Waals surface area contributed by atoms with Crippen LogP contribution in [0.5, 0.6) is 0 Å². The highest BCUT2D eigenvalue weighted by Gasteiger charge is 2.33. The number of benzene rings is 1. The van der Waals surface area contributed by atoms with Gasteiger partial charge in [0.2, 0.25) is 0 Å². The van der Waals surface area contributed by atoms with Crippen LogP contribution < -0.4 is 0 Å². The Bertz CT molecular complexity index is 854. The molecule has 1 aliphatic rings. The maximum atomic E-state index is 12.2. The Labute approximate surface area is 141 Å². The number of carbonyl (C=O) groups excluding carboxylic acids is 2. The first-order valence-electron chi connectivity index (χ1n) is 7.19. The molecule has 1 aromatic heterocycles. The molecule has 2 aromatic rings. The summed E-state index contributed by atoms with van der Waals surface area (Å²) in [5, 5.41) is 10.5. The van der Waals surface area contributed by atoms with Gasteiger partial charge < -0.3 is 4.57 Å². The molecule has 0 radical (unpaired) electrons. The van der Waals surface area contributed by atoms with Crippen LogP contribution in [0.25, 0.3) is 11.8 Å². The van der Waals surface area contributed by atoms with E-state index in [0.717, 1.165) is 17.4 Å². The van der Waals surface area contributed by atoms with Gasteiger partial charge in [0.05, 0.1) is 9.83 Å². The predicted octanol–water partition coefficient (Wildman–Crippen LogP) is 3.44. The molecular weight excluding hydrogens is 330 g/mol. The first kappa shape index (κ1) is 16.0. The van der Waals surface area contributed by atoms with Gasteiger partial charge in [0.15, 0.2) is 0 Å². The topological polar surface area (TPSA) is 85.4 Å². The molecule has 0 bridgehead atoms. The second-order valence-electron chi connectivity index (χ2n) is 5.00. The number of hydrogen-bond acceptors (Lipinski definition) is 5. The molecule has 1 fully saturated rings. The SMILES string of the molecule is CCN1C(=O)SC(=Cc2cccn2-c2ccc([N+](=O)[O-])cc2)C1=O. The van der Waals surface area contributed by atoms with Crippen molar-refractivity contribution in [1.29, 1.82) is 0 Å². The van der Waals surface area contributed by atoms with Crippen molar-refractivity contribution in [3.63, 3.8) is 0 Å². The van der Waals surface area contributed by atoms with Gasteiger partial charge in [-0.05, 0) is 49.0 Å². The first-order chi connectivity index (χ1) is 11.5. The summed E-state index contributed by atoms with van der Waals surface area (Å²) in [6.45, 7) is 2.09. The highest BCUT2D eigenvalue weighted by molar-refractivity contribution is 8.18. The van der Waals surface area contributed by atoms with Crippen molar-refractivity contribution in [2.75, 3.05) is 6.54 Å². The van der Waals surface area contributed by atoms with Gasteiger partial charge in [-0.15, -0.1) is 0 Å². The number of nitrogens with zero attached hydrogens (tertiary/aromatic N) is 3. The molecular formula is C16H13N3O4S. The van der Waals surface area contributed by atoms with Gasteiger partial charge in [-0.25, -0.2) is 0 Å². The van der Waals surface area contributed by atoms with Gasteiger partial charge in [0.1, 0.15) is 0 Å². The zero-order chi connectivity index (χ0) is 17.3. The minimum Gasteiger partial charge on any atom is -0.317 e. The molecule has 3 rings (SSSR count). The minimum absolute atomic E-state index is 0.0107. The number of amides is 2. The summed E-state index contributed by atoms with van der Waals surface area (Å²) in [7, 11) is 0. The fourth-order valence-corrected chi connectivity index (χ4v) is 3.28. The number of nitro benzene ring substituents is 1. The Kier molecular flexibility index (Phi) is 4.22. The fraction of sp³-hybridized carbons (Fsp3) is 0.125. The van der Waals surface area contributed by atoms with E-state index >= 15 is 0 Å². The summed E-state index contributed by atoms with van der Waals surface area (Å²) in [6.07, 6.45) is 3.44. The van der Waals surface area contributed by atoms with Crippen LogP contribution in [-0.4, -0.2) is 32.1 Å². The van der Waals surface area contributed by atoms with E-state index in [2.05, 4.69) is 0 Å². The summed E-state index contributed by atoms with van der Waals surface area (Å²) in [5.41, 5.74) is 1.45. The number of aromatic nitrogens is 1. The van der Waals surface area contributed by atoms with E-state index < -0.39 is 4.92 Å². The van der Waals surface area contributed by atoms with Crippen LogP contribution >= 0.6 is 11.8 Å². The zero-order valence-corrected chi connectivity index (χ0v) is 13.5. The van der Waals surface area contributed by atoms with Crippen LogP contribution in [0.15, 0.2) is 47.5 Å². The average Bonchev–Trinajstić information content (AvgIpc) is 3.12. The molecule has 0 saturated carbocycles. The lowest BCUT2D eigenvalue weighted by Crippen LogP contribution is -2.27. The smallest absolute Gasteiger partial charge is 0.293 e. The van der Waals surface area contributed by atoms with E-state index in [-0.39, 0.29) is 16.8 Å². The summed E-state index contributed by atoms with van der Waals surface area (Å²) in [4.78, 5) is 35.8. The lowest BCUT2D eigenvalue weighted by Gasteiger charge is -2.08. The number of rotatable bonds is 4. The molecule has 1 saturated heterocycles. The van der Waals surface area contributed by atoms with Gasteiger partial charge in [-0.2, -0.15) is 0 Å². The summed E-state index contributed by atoms with van der Waals surface area (Å²) in [5.74, 6) is -0.302. The number of thioether (sulfide) groups is 1. The summed E-state index contributed by atoms with van der Waals surface area (Å²) >= 11 is 0.911. The maximum absolute atomic E-state index is 12.2. The molecule has 2 amide bonds. The molecule has 0 unspecified atom stereocenters. The molecule has 0 atom stereocenters. The van der Waals surface area contributed by atoms with Crippen LogP contribution in [0, 0.1) is 10.1 Å². The van der Waals surface area contributed by atoms with Crippen LogP contribution in [-0.2, 0) is 4.79 Å². The molecule has 1 aromatic carbocycles. The fourth-order valence-electron chi connectivity index (χ4n) is 2.39. The zero-order valence-electron chi connectivity index (χ0n) is 12.7. The lowest BCUT2D eigenvalue weighted by atomic mass is 10.2. The Morgan fingerprint density at radius 2 is 1.92 bits per heavy atom. The number of likely N-dealkylation sites (N-methyl/N-ethyl adjacent to an activating group) is 1. The average molecular weight is 343 g/mol. The van der Waals surface area contributed by atoms with E-state index in [0.29, 0.717) is 17.1 Å². The second-order valence-corrected chi connectivity index (χ2v) is 6.00. The van der Waals surface area contributed by atoms with Gasteiger partial charge in [-0.1, -0.05) is 0 Å². The highest BCUT2D eigenvalue weighted by atomic mass is 32.2.